The van der Waals surface area contributed by atoms with Gasteiger partial charge in [-0.3, -0.25) is 9.59 Å². The van der Waals surface area contributed by atoms with Crippen molar-refractivity contribution < 1.29 is 27.9 Å². The number of rotatable bonds is 6. The van der Waals surface area contributed by atoms with E-state index in [9.17, 15) is 18.0 Å². The molecular formula is C13H17N3O6S. The maximum Gasteiger partial charge on any atom is 0.323 e. The molecule has 0 radical (unpaired) electrons. The van der Waals surface area contributed by atoms with Crippen molar-refractivity contribution in [2.24, 2.45) is 4.40 Å². The van der Waals surface area contributed by atoms with E-state index >= 15 is 0 Å². The van der Waals surface area contributed by atoms with Crippen molar-refractivity contribution in [3.8, 4) is 0 Å². The summed E-state index contributed by atoms with van der Waals surface area (Å²) in [6.07, 6.45) is 4.34. The Morgan fingerprint density at radius 1 is 1.43 bits per heavy atom. The standard InChI is InChI=1S/C13H17N3O6S/c1-22-6-4-16(9-12(17)18)13(19)10-2-3-11-14-23(20,21)7-5-15(11)8-10/h2-3,8H,4-7,9H2,1H3,(H,17,18). The Labute approximate surface area is 133 Å². The van der Waals surface area contributed by atoms with Gasteiger partial charge in [-0.05, 0) is 12.2 Å². The van der Waals surface area contributed by atoms with Crippen LogP contribution in [-0.4, -0.2) is 80.1 Å². The number of carboxylic acid groups (broad SMARTS) is 1. The molecule has 9 nitrogen and oxygen atoms in total. The van der Waals surface area contributed by atoms with Gasteiger partial charge in [-0.25, -0.2) is 8.42 Å². The molecule has 1 amide bonds. The Morgan fingerprint density at radius 2 is 2.17 bits per heavy atom. The summed E-state index contributed by atoms with van der Waals surface area (Å²) in [5.74, 6) is -1.48. The molecule has 0 aromatic carbocycles. The van der Waals surface area contributed by atoms with Gasteiger partial charge in [0, 0.05) is 26.4 Å². The third kappa shape index (κ3) is 4.39. The average molecular weight is 343 g/mol. The molecule has 2 heterocycles. The molecule has 2 aliphatic rings. The maximum atomic E-state index is 12.4. The number of carbonyl (C=O) groups is 2. The molecule has 0 fully saturated rings. The summed E-state index contributed by atoms with van der Waals surface area (Å²) in [6.45, 7) is 0.106. The van der Waals surface area contributed by atoms with Crippen LogP contribution in [0.25, 0.3) is 0 Å². The molecule has 0 spiro atoms. The number of aliphatic carboxylic acids is 1. The Hall–Kier alpha value is -2.20. The third-order valence-corrected chi connectivity index (χ3v) is 4.41. The first kappa shape index (κ1) is 17.2. The number of amides is 1. The van der Waals surface area contributed by atoms with Gasteiger partial charge in [0.05, 0.1) is 17.9 Å². The molecule has 2 rings (SSSR count). The van der Waals surface area contributed by atoms with Gasteiger partial charge < -0.3 is 19.6 Å². The topological polar surface area (TPSA) is 117 Å². The van der Waals surface area contributed by atoms with Crippen molar-refractivity contribution in [1.29, 1.82) is 0 Å². The summed E-state index contributed by atoms with van der Waals surface area (Å²) < 4.78 is 31.4. The van der Waals surface area contributed by atoms with E-state index < -0.39 is 28.4 Å². The summed E-state index contributed by atoms with van der Waals surface area (Å²) in [6, 6.07) is 0. The van der Waals surface area contributed by atoms with Crippen LogP contribution in [0.4, 0.5) is 0 Å². The van der Waals surface area contributed by atoms with Crippen LogP contribution in [0, 0.1) is 0 Å². The molecule has 2 aliphatic heterocycles. The maximum absolute atomic E-state index is 12.4. The monoisotopic (exact) mass is 343 g/mol. The zero-order valence-corrected chi connectivity index (χ0v) is 13.3. The van der Waals surface area contributed by atoms with E-state index in [4.69, 9.17) is 9.84 Å². The first-order chi connectivity index (χ1) is 10.8. The lowest BCUT2D eigenvalue weighted by atomic mass is 10.1. The molecule has 0 saturated heterocycles. The lowest BCUT2D eigenvalue weighted by molar-refractivity contribution is -0.143. The second kappa shape index (κ2) is 6.92. The predicted molar refractivity (Wildman–Crippen MR) is 81.2 cm³/mol. The number of carbonyl (C=O) groups excluding carboxylic acids is 1. The van der Waals surface area contributed by atoms with E-state index in [1.54, 1.807) is 4.90 Å². The number of fused-ring (bicyclic) bond motifs is 1. The summed E-state index contributed by atoms with van der Waals surface area (Å²) in [5, 5.41) is 8.91. The fourth-order valence-electron chi connectivity index (χ4n) is 2.13. The molecule has 0 saturated carbocycles. The van der Waals surface area contributed by atoms with E-state index in [1.807, 2.05) is 0 Å². The van der Waals surface area contributed by atoms with Crippen molar-refractivity contribution in [2.75, 3.05) is 39.1 Å². The molecule has 0 aromatic heterocycles. The van der Waals surface area contributed by atoms with E-state index in [-0.39, 0.29) is 36.9 Å². The van der Waals surface area contributed by atoms with Crippen molar-refractivity contribution in [1.82, 2.24) is 9.80 Å². The molecule has 23 heavy (non-hydrogen) atoms. The van der Waals surface area contributed by atoms with Gasteiger partial charge in [0.15, 0.2) is 0 Å². The molecule has 126 valence electrons. The number of sulfonamides is 1. The van der Waals surface area contributed by atoms with Crippen LogP contribution in [0.1, 0.15) is 0 Å². The highest BCUT2D eigenvalue weighted by molar-refractivity contribution is 7.90. The number of hydrogen-bond donors (Lipinski definition) is 1. The zero-order valence-electron chi connectivity index (χ0n) is 12.5. The third-order valence-electron chi connectivity index (χ3n) is 3.25. The van der Waals surface area contributed by atoms with E-state index in [0.717, 1.165) is 4.90 Å². The number of nitrogens with zero attached hydrogens (tertiary/aromatic N) is 3. The summed E-state index contributed by atoms with van der Waals surface area (Å²) >= 11 is 0. The van der Waals surface area contributed by atoms with E-state index in [0.29, 0.717) is 0 Å². The van der Waals surface area contributed by atoms with Crippen LogP contribution >= 0.6 is 0 Å². The first-order valence-electron chi connectivity index (χ1n) is 6.81. The molecule has 0 aromatic rings. The van der Waals surface area contributed by atoms with Crippen LogP contribution in [0.3, 0.4) is 0 Å². The minimum atomic E-state index is -3.46. The Bertz CT molecular complexity index is 694. The fraction of sp³-hybridized carbons (Fsp3) is 0.462. The minimum absolute atomic E-state index is 0.134. The predicted octanol–water partition coefficient (Wildman–Crippen LogP) is -0.956. The SMILES string of the molecule is COCCN(CC(=O)O)C(=O)C1=CN2CCS(=O)(=O)N=C2C=C1. The smallest absolute Gasteiger partial charge is 0.323 e. The highest BCUT2D eigenvalue weighted by atomic mass is 32.2. The summed E-state index contributed by atoms with van der Waals surface area (Å²) in [7, 11) is -2.00. The van der Waals surface area contributed by atoms with Crippen LogP contribution in [0.5, 0.6) is 0 Å². The second-order valence-corrected chi connectivity index (χ2v) is 6.71. The normalized spacial score (nSPS) is 18.7. The lowest BCUT2D eigenvalue weighted by Crippen LogP contribution is -2.41. The Balaban J connectivity index is 2.18. The zero-order chi connectivity index (χ0) is 17.0. The van der Waals surface area contributed by atoms with Crippen molar-refractivity contribution in [3.63, 3.8) is 0 Å². The van der Waals surface area contributed by atoms with Crippen LogP contribution in [0.15, 0.2) is 28.3 Å². The molecule has 10 heteroatoms. The number of hydrogen-bond acceptors (Lipinski definition) is 6. The first-order valence-corrected chi connectivity index (χ1v) is 8.42. The van der Waals surface area contributed by atoms with E-state index in [2.05, 4.69) is 4.40 Å². The van der Waals surface area contributed by atoms with Crippen molar-refractivity contribution in [2.45, 2.75) is 0 Å². The number of amidine groups is 1. The average Bonchev–Trinajstić information content (AvgIpc) is 2.49. The Kier molecular flexibility index (Phi) is 5.16. The number of methoxy groups -OCH3 is 1. The van der Waals surface area contributed by atoms with Gasteiger partial charge in [0.1, 0.15) is 12.4 Å². The van der Waals surface area contributed by atoms with Crippen LogP contribution < -0.4 is 0 Å². The van der Waals surface area contributed by atoms with Gasteiger partial charge in [0.25, 0.3) is 15.9 Å². The largest absolute Gasteiger partial charge is 0.480 e. The highest BCUT2D eigenvalue weighted by Gasteiger charge is 2.27. The lowest BCUT2D eigenvalue weighted by Gasteiger charge is -2.28. The minimum Gasteiger partial charge on any atom is -0.480 e. The molecule has 0 aliphatic carbocycles. The van der Waals surface area contributed by atoms with Crippen LogP contribution in [0.2, 0.25) is 0 Å². The van der Waals surface area contributed by atoms with Crippen molar-refractivity contribution in [3.05, 3.63) is 23.9 Å². The van der Waals surface area contributed by atoms with Gasteiger partial charge in [0.2, 0.25) is 0 Å². The molecule has 0 unspecified atom stereocenters. The molecule has 0 bridgehead atoms. The molecule has 0 atom stereocenters. The number of ether oxygens (including phenoxy) is 1. The molecule has 1 N–H and O–H groups in total. The van der Waals surface area contributed by atoms with Gasteiger partial charge in [-0.1, -0.05) is 0 Å². The van der Waals surface area contributed by atoms with Crippen LogP contribution in [-0.2, 0) is 24.3 Å². The van der Waals surface area contributed by atoms with E-state index in [1.165, 1.54) is 25.5 Å². The summed E-state index contributed by atoms with van der Waals surface area (Å²) in [4.78, 5) is 26.1. The number of carboxylic acids is 1. The van der Waals surface area contributed by atoms with Crippen molar-refractivity contribution >= 4 is 27.7 Å². The van der Waals surface area contributed by atoms with Gasteiger partial charge in [-0.15, -0.1) is 4.40 Å². The van der Waals surface area contributed by atoms with Gasteiger partial charge in [-0.2, -0.15) is 0 Å². The molecular weight excluding hydrogens is 326 g/mol. The highest BCUT2D eigenvalue weighted by Crippen LogP contribution is 2.17. The summed E-state index contributed by atoms with van der Waals surface area (Å²) in [5.41, 5.74) is 0.264. The van der Waals surface area contributed by atoms with Gasteiger partial charge >= 0.3 is 5.97 Å². The second-order valence-electron chi connectivity index (χ2n) is 4.96. The fourth-order valence-corrected chi connectivity index (χ4v) is 3.10. The quantitative estimate of drug-likeness (QED) is 0.660. The Morgan fingerprint density at radius 3 is 2.83 bits per heavy atom.